The molecule has 13 nitrogen and oxygen atoms in total. The molecule has 7 rings (SSSR count). The first-order valence-corrected chi connectivity index (χ1v) is 23.5. The van der Waals surface area contributed by atoms with Gasteiger partial charge in [0.15, 0.2) is 5.78 Å². The largest absolute Gasteiger partial charge is 0.507 e. The number of ketones is 2. The topological polar surface area (TPSA) is 198 Å². The number of amides is 3. The second-order valence-corrected chi connectivity index (χ2v) is 19.8. The summed E-state index contributed by atoms with van der Waals surface area (Å²) in [6, 6.07) is 7.04. The highest BCUT2D eigenvalue weighted by Gasteiger charge is 2.68. The van der Waals surface area contributed by atoms with Crippen molar-refractivity contribution in [3.05, 3.63) is 47.5 Å². The fraction of sp³-hybridized carbons (Fsp3) is 0.653. The SMILES string of the molecule is CCCCCCCC(=O)C[C@@H](CCCCN)C(=O)N(C)[C@@H]1C(=O)C[C@@H](C)C(=O)N[C@H](C(=O)N[C@@H](C)B2O[C@@H]3C[C@@H]4C[C@@H](C4(C)C)[C@]3(C)O2)Cc2ccc(O)c(c2)-c2cc1ccc2O. The molecular formula is C49H71BN4O9. The van der Waals surface area contributed by atoms with Crippen LogP contribution in [0.2, 0.25) is 0 Å². The monoisotopic (exact) mass is 871 g/mol. The molecule has 1 saturated heterocycles. The second-order valence-electron chi connectivity index (χ2n) is 19.8. The summed E-state index contributed by atoms with van der Waals surface area (Å²) in [6.07, 6.45) is 8.79. The standard InChI is InChI=1S/C49H71BN4O9/c1-8-9-10-11-12-16-35(55)25-33(15-13-14-21-51)47(61)54(7)44-32-18-20-40(57)37(26-32)36-23-31(17-19-39(36)56)24-38(53-45(59)29(2)22-41(44)58)46(60)52-30(3)50-62-43-28-34-27-42(48(34,4)5)49(43,6)63-50/h17-20,23,26,29-30,33-34,38,42-44,56-57H,8-16,21-22,24-25,27-28,51H2,1-7H3,(H,52,60)(H,53,59)/t29-,30+,33-,34+,38+,42+,43-,44+,49+/m1/s1. The zero-order valence-corrected chi connectivity index (χ0v) is 38.5. The van der Waals surface area contributed by atoms with E-state index in [-0.39, 0.29) is 65.1 Å². The van der Waals surface area contributed by atoms with E-state index in [2.05, 4.69) is 38.3 Å². The van der Waals surface area contributed by atoms with Crippen LogP contribution in [0, 0.1) is 29.1 Å². The number of Topliss-reactive ketones (excluding diaryl/α,β-unsaturated/α-hetero) is 2. The maximum absolute atomic E-state index is 14.6. The number of carbonyl (C=O) groups excluding carboxylic acids is 5. The Kier molecular flexibility index (Phi) is 15.5. The van der Waals surface area contributed by atoms with Gasteiger partial charge in [0, 0.05) is 55.7 Å². The highest BCUT2D eigenvalue weighted by Crippen LogP contribution is 2.65. The summed E-state index contributed by atoms with van der Waals surface area (Å²) >= 11 is 0. The van der Waals surface area contributed by atoms with Gasteiger partial charge in [-0.15, -0.1) is 0 Å². The summed E-state index contributed by atoms with van der Waals surface area (Å²) in [6.45, 7) is 12.7. The third kappa shape index (κ3) is 10.5. The Balaban J connectivity index is 1.26. The van der Waals surface area contributed by atoms with Crippen molar-refractivity contribution in [2.45, 2.75) is 161 Å². The van der Waals surface area contributed by atoms with Crippen LogP contribution in [0.15, 0.2) is 36.4 Å². The molecular weight excluding hydrogens is 799 g/mol. The molecule has 14 heteroatoms. The van der Waals surface area contributed by atoms with Gasteiger partial charge in [0.05, 0.1) is 17.6 Å². The molecule has 2 aromatic carbocycles. The number of hydrogen-bond acceptors (Lipinski definition) is 10. The Morgan fingerprint density at radius 2 is 1.67 bits per heavy atom. The quantitative estimate of drug-likeness (QED) is 0.0839. The van der Waals surface area contributed by atoms with E-state index in [1.807, 2.05) is 6.92 Å². The van der Waals surface area contributed by atoms with Gasteiger partial charge in [-0.1, -0.05) is 71.9 Å². The first-order chi connectivity index (χ1) is 29.9. The smallest absolute Gasteiger partial charge is 0.481 e. The molecule has 344 valence electrons. The minimum atomic E-state index is -1.20. The molecule has 3 saturated carbocycles. The highest BCUT2D eigenvalue weighted by molar-refractivity contribution is 6.47. The molecule has 0 aromatic heterocycles. The number of aromatic hydroxyl groups is 2. The van der Waals surface area contributed by atoms with Gasteiger partial charge in [0.2, 0.25) is 17.7 Å². The molecule has 4 fully saturated rings. The molecule has 2 aromatic rings. The fourth-order valence-electron chi connectivity index (χ4n) is 10.8. The Morgan fingerprint density at radius 1 is 0.968 bits per heavy atom. The molecule has 9 atom stereocenters. The number of rotatable bonds is 17. The summed E-state index contributed by atoms with van der Waals surface area (Å²) in [5.74, 6) is -3.39. The van der Waals surface area contributed by atoms with Gasteiger partial charge in [-0.2, -0.15) is 0 Å². The van der Waals surface area contributed by atoms with Crippen LogP contribution in [0.5, 0.6) is 11.5 Å². The van der Waals surface area contributed by atoms with E-state index < -0.39 is 60.2 Å². The zero-order valence-electron chi connectivity index (χ0n) is 38.5. The number of carbonyl (C=O) groups is 5. The number of phenolic OH excluding ortho intramolecular Hbond substituents is 2. The predicted molar refractivity (Wildman–Crippen MR) is 242 cm³/mol. The van der Waals surface area contributed by atoms with Crippen molar-refractivity contribution in [2.75, 3.05) is 13.6 Å². The Hall–Kier alpha value is -4.27. The van der Waals surface area contributed by atoms with E-state index in [0.717, 1.165) is 44.9 Å². The van der Waals surface area contributed by atoms with Crippen LogP contribution in [0.3, 0.4) is 0 Å². The lowest BCUT2D eigenvalue weighted by Gasteiger charge is -2.64. The van der Waals surface area contributed by atoms with E-state index >= 15 is 0 Å². The number of fused-ring (bicyclic) bond motifs is 5. The molecule has 0 spiro atoms. The number of nitrogens with zero attached hydrogens (tertiary/aromatic N) is 1. The lowest BCUT2D eigenvalue weighted by Crippen LogP contribution is -2.65. The van der Waals surface area contributed by atoms with Crippen molar-refractivity contribution in [3.8, 4) is 22.6 Å². The lowest BCUT2D eigenvalue weighted by atomic mass is 9.43. The van der Waals surface area contributed by atoms with Gasteiger partial charge < -0.3 is 40.8 Å². The van der Waals surface area contributed by atoms with Crippen LogP contribution in [0.4, 0.5) is 0 Å². The van der Waals surface area contributed by atoms with Crippen LogP contribution in [-0.4, -0.2) is 88.8 Å². The molecule has 0 unspecified atom stereocenters. The van der Waals surface area contributed by atoms with E-state index in [9.17, 15) is 34.2 Å². The van der Waals surface area contributed by atoms with Gasteiger partial charge >= 0.3 is 7.12 Å². The van der Waals surface area contributed by atoms with Crippen LogP contribution < -0.4 is 16.4 Å². The summed E-state index contributed by atoms with van der Waals surface area (Å²) in [5, 5.41) is 28.4. The number of hydrogen-bond donors (Lipinski definition) is 5. The molecule has 2 heterocycles. The van der Waals surface area contributed by atoms with Gasteiger partial charge in [-0.05, 0) is 105 Å². The zero-order chi connectivity index (χ0) is 45.8. The summed E-state index contributed by atoms with van der Waals surface area (Å²) in [4.78, 5) is 72.0. The molecule has 3 aliphatic carbocycles. The van der Waals surface area contributed by atoms with E-state index in [0.29, 0.717) is 55.2 Å². The maximum atomic E-state index is 14.6. The van der Waals surface area contributed by atoms with E-state index in [4.69, 9.17) is 15.0 Å². The molecule has 3 amide bonds. The van der Waals surface area contributed by atoms with Crippen molar-refractivity contribution >= 4 is 36.4 Å². The summed E-state index contributed by atoms with van der Waals surface area (Å²) < 4.78 is 13.1. The number of phenols is 2. The van der Waals surface area contributed by atoms with E-state index in [1.165, 1.54) is 24.1 Å². The minimum absolute atomic E-state index is 0.0000842. The van der Waals surface area contributed by atoms with Crippen molar-refractivity contribution in [3.63, 3.8) is 0 Å². The molecule has 6 bridgehead atoms. The number of nitrogens with one attached hydrogen (secondary N) is 2. The minimum Gasteiger partial charge on any atom is -0.507 e. The third-order valence-corrected chi connectivity index (χ3v) is 14.9. The Morgan fingerprint density at radius 3 is 2.37 bits per heavy atom. The highest BCUT2D eigenvalue weighted by atomic mass is 16.7. The Labute approximate surface area is 374 Å². The number of likely N-dealkylation sites (N-methyl/N-ethyl adjacent to an activating group) is 1. The van der Waals surface area contributed by atoms with Gasteiger partial charge in [0.1, 0.15) is 29.4 Å². The van der Waals surface area contributed by atoms with Crippen LogP contribution in [0.1, 0.15) is 142 Å². The van der Waals surface area contributed by atoms with Gasteiger partial charge in [0.25, 0.3) is 0 Å². The van der Waals surface area contributed by atoms with Gasteiger partial charge in [-0.25, -0.2) is 0 Å². The number of benzene rings is 2. The summed E-state index contributed by atoms with van der Waals surface area (Å²) in [5.41, 5.74) is 6.91. The van der Waals surface area contributed by atoms with Crippen molar-refractivity contribution < 1.29 is 43.5 Å². The van der Waals surface area contributed by atoms with Crippen LogP contribution >= 0.6 is 0 Å². The third-order valence-electron chi connectivity index (χ3n) is 14.9. The van der Waals surface area contributed by atoms with E-state index in [1.54, 1.807) is 31.2 Å². The molecule has 63 heavy (non-hydrogen) atoms. The average molecular weight is 871 g/mol. The number of unbranched alkanes of at least 4 members (excludes halogenated alkanes) is 5. The molecule has 0 radical (unpaired) electrons. The first kappa shape index (κ1) is 48.2. The summed E-state index contributed by atoms with van der Waals surface area (Å²) in [7, 11) is 0.846. The fourth-order valence-corrected chi connectivity index (χ4v) is 10.8. The molecule has 5 aliphatic rings. The molecule has 6 N–H and O–H groups in total. The lowest BCUT2D eigenvalue weighted by molar-refractivity contribution is -0.199. The average Bonchev–Trinajstić information content (AvgIpc) is 3.61. The second kappa shape index (κ2) is 20.3. The maximum Gasteiger partial charge on any atom is 0.481 e. The van der Waals surface area contributed by atoms with Crippen LogP contribution in [-0.2, 0) is 39.7 Å². The Bertz CT molecular complexity index is 2010. The van der Waals surface area contributed by atoms with Crippen molar-refractivity contribution in [1.82, 2.24) is 15.5 Å². The van der Waals surface area contributed by atoms with Crippen molar-refractivity contribution in [1.29, 1.82) is 0 Å². The van der Waals surface area contributed by atoms with Crippen molar-refractivity contribution in [2.24, 2.45) is 34.8 Å². The number of nitrogens with two attached hydrogens (primary N) is 1. The van der Waals surface area contributed by atoms with Crippen LogP contribution in [0.25, 0.3) is 11.1 Å². The molecule has 2 aliphatic heterocycles. The van der Waals surface area contributed by atoms with Gasteiger partial charge in [-0.3, -0.25) is 24.0 Å². The normalized spacial score (nSPS) is 27.3. The predicted octanol–water partition coefficient (Wildman–Crippen LogP) is 6.74. The first-order valence-electron chi connectivity index (χ1n) is 23.5.